The van der Waals surface area contributed by atoms with E-state index in [9.17, 15) is 9.59 Å². The van der Waals surface area contributed by atoms with E-state index in [-0.39, 0.29) is 24.2 Å². The van der Waals surface area contributed by atoms with Gasteiger partial charge in [-0.05, 0) is 31.9 Å². The molecule has 1 aromatic rings. The van der Waals surface area contributed by atoms with Gasteiger partial charge >= 0.3 is 0 Å². The monoisotopic (exact) mass is 430 g/mol. The highest BCUT2D eigenvalue weighted by Gasteiger charge is 2.65. The number of nitrogens with zero attached hydrogens (tertiary/aromatic N) is 2. The summed E-state index contributed by atoms with van der Waals surface area (Å²) in [6.07, 6.45) is 2.91. The van der Waals surface area contributed by atoms with E-state index in [1.165, 1.54) is 0 Å². The van der Waals surface area contributed by atoms with Crippen LogP contribution in [-0.2, 0) is 24.7 Å². The Morgan fingerprint density at radius 2 is 2.03 bits per heavy atom. The summed E-state index contributed by atoms with van der Waals surface area (Å²) in [5.74, 6) is -0.368. The molecule has 1 aromatic carbocycles. The fourth-order valence-corrected chi connectivity index (χ4v) is 5.67. The molecule has 0 aliphatic carbocycles. The minimum absolute atomic E-state index is 0.00881. The third kappa shape index (κ3) is 3.81. The highest BCUT2D eigenvalue weighted by molar-refractivity contribution is 6.09. The Labute approximate surface area is 181 Å². The van der Waals surface area contributed by atoms with Crippen LogP contribution >= 0.6 is 0 Å². The first-order chi connectivity index (χ1) is 15.1. The van der Waals surface area contributed by atoms with Crippen LogP contribution in [0.15, 0.2) is 24.3 Å². The Bertz CT molecular complexity index is 828. The summed E-state index contributed by atoms with van der Waals surface area (Å²) >= 11 is 0. The van der Waals surface area contributed by atoms with Crippen molar-refractivity contribution in [3.63, 3.8) is 0 Å². The van der Waals surface area contributed by atoms with Crippen LogP contribution < -0.4 is 10.6 Å². The molecule has 0 saturated carbocycles. The van der Waals surface area contributed by atoms with E-state index in [0.29, 0.717) is 12.6 Å². The minimum Gasteiger partial charge on any atom is -0.483 e. The van der Waals surface area contributed by atoms with Gasteiger partial charge in [0.15, 0.2) is 0 Å². The van der Waals surface area contributed by atoms with Crippen molar-refractivity contribution in [2.24, 2.45) is 5.92 Å². The number of benzene rings is 1. The molecule has 0 unspecified atom stereocenters. The van der Waals surface area contributed by atoms with Crippen LogP contribution in [0, 0.1) is 5.92 Å². The molecule has 3 atom stereocenters. The molecule has 3 saturated heterocycles. The van der Waals surface area contributed by atoms with Crippen molar-refractivity contribution in [2.75, 3.05) is 51.3 Å². The Kier molecular flexibility index (Phi) is 6.54. The number of fused-ring (bicyclic) bond motifs is 4. The van der Waals surface area contributed by atoms with Gasteiger partial charge in [-0.25, -0.2) is 0 Å². The van der Waals surface area contributed by atoms with Crippen molar-refractivity contribution >= 4 is 24.0 Å². The number of carbonyl (C=O) groups is 3. The lowest BCUT2D eigenvalue weighted by Gasteiger charge is -2.36. The number of nitrogens with one attached hydrogen (secondary N) is 2. The first-order valence-corrected chi connectivity index (χ1v) is 11.0. The summed E-state index contributed by atoms with van der Waals surface area (Å²) in [5, 5.41) is 13.1. The van der Waals surface area contributed by atoms with Gasteiger partial charge in [0.2, 0.25) is 11.8 Å². The lowest BCUT2D eigenvalue weighted by Crippen LogP contribution is -2.54. The van der Waals surface area contributed by atoms with E-state index in [0.717, 1.165) is 69.9 Å². The predicted molar refractivity (Wildman–Crippen MR) is 114 cm³/mol. The third-order valence-corrected chi connectivity index (χ3v) is 6.92. The zero-order chi connectivity index (χ0) is 21.8. The highest BCUT2D eigenvalue weighted by Crippen LogP contribution is 2.55. The molecule has 9 heteroatoms. The Balaban J connectivity index is 0.000000730. The molecule has 4 aliphatic rings. The van der Waals surface area contributed by atoms with Gasteiger partial charge in [-0.15, -0.1) is 0 Å². The van der Waals surface area contributed by atoms with Gasteiger partial charge in [0.25, 0.3) is 6.47 Å². The topological polar surface area (TPSA) is 111 Å². The molecule has 0 aromatic heterocycles. The van der Waals surface area contributed by atoms with Crippen molar-refractivity contribution in [1.29, 1.82) is 0 Å². The molecule has 168 valence electrons. The van der Waals surface area contributed by atoms with Gasteiger partial charge in [-0.1, -0.05) is 18.2 Å². The van der Waals surface area contributed by atoms with Crippen LogP contribution in [0.4, 0.5) is 5.69 Å². The normalized spacial score (nSPS) is 29.6. The fourth-order valence-electron chi connectivity index (χ4n) is 5.67. The number of carbonyl (C=O) groups excluding carboxylic acids is 2. The number of ether oxygens (including phenoxy) is 1. The molecule has 5 rings (SSSR count). The molecule has 4 heterocycles. The first-order valence-electron chi connectivity index (χ1n) is 11.0. The lowest BCUT2D eigenvalue weighted by atomic mass is 9.78. The van der Waals surface area contributed by atoms with Crippen LogP contribution in [-0.4, -0.2) is 85.2 Å². The van der Waals surface area contributed by atoms with Gasteiger partial charge in [0.05, 0.1) is 19.1 Å². The van der Waals surface area contributed by atoms with Crippen molar-refractivity contribution < 1.29 is 24.2 Å². The molecule has 2 amide bonds. The Hall–Kier alpha value is -2.49. The zero-order valence-corrected chi connectivity index (χ0v) is 17.6. The number of amides is 2. The standard InChI is InChI=1S/C21H28N4O3.CH2O2/c26-19(22-7-9-24-10-12-28-13-11-24)17-14-15-4-3-8-25(15)21(17)16-5-1-2-6-18(16)23-20(21)27;2-1-3/h1-2,5-6,15,17H,3-4,7-14H2,(H,22,26)(H,23,27);1H,(H,2,3)/t15-,17+,21+;/m1./s1. The second-order valence-corrected chi connectivity index (χ2v) is 8.39. The molecule has 3 fully saturated rings. The van der Waals surface area contributed by atoms with E-state index in [1.807, 2.05) is 24.3 Å². The molecule has 1 spiro atoms. The number of morpholine rings is 1. The summed E-state index contributed by atoms with van der Waals surface area (Å²) in [6.45, 7) is 5.40. The zero-order valence-electron chi connectivity index (χ0n) is 17.6. The van der Waals surface area contributed by atoms with Crippen molar-refractivity contribution in [2.45, 2.75) is 30.8 Å². The lowest BCUT2D eigenvalue weighted by molar-refractivity contribution is -0.137. The Morgan fingerprint density at radius 3 is 2.81 bits per heavy atom. The fraction of sp³-hybridized carbons (Fsp3) is 0.591. The van der Waals surface area contributed by atoms with Crippen LogP contribution in [0.1, 0.15) is 24.8 Å². The maximum atomic E-state index is 13.3. The Morgan fingerprint density at radius 1 is 1.29 bits per heavy atom. The average Bonchev–Trinajstić information content (AvgIpc) is 3.44. The number of rotatable bonds is 4. The van der Waals surface area contributed by atoms with Crippen LogP contribution in [0.2, 0.25) is 0 Å². The smallest absolute Gasteiger partial charge is 0.290 e. The third-order valence-electron chi connectivity index (χ3n) is 6.92. The van der Waals surface area contributed by atoms with Gasteiger partial charge < -0.3 is 20.5 Å². The molecular formula is C22H30N4O5. The van der Waals surface area contributed by atoms with E-state index < -0.39 is 5.54 Å². The maximum absolute atomic E-state index is 13.3. The summed E-state index contributed by atoms with van der Waals surface area (Å²) in [6, 6.07) is 8.18. The largest absolute Gasteiger partial charge is 0.483 e. The highest BCUT2D eigenvalue weighted by atomic mass is 16.5. The number of anilines is 1. The maximum Gasteiger partial charge on any atom is 0.290 e. The van der Waals surface area contributed by atoms with Crippen molar-refractivity contribution in [3.05, 3.63) is 29.8 Å². The molecular weight excluding hydrogens is 400 g/mol. The SMILES string of the molecule is O=C(NCCN1CCOCC1)[C@@H]1C[C@H]2CCCN2[C@]12C(=O)Nc1ccccc12.O=CO. The number of hydrogen-bond donors (Lipinski definition) is 3. The molecule has 0 bridgehead atoms. The van der Waals surface area contributed by atoms with Crippen molar-refractivity contribution in [3.8, 4) is 0 Å². The molecule has 0 radical (unpaired) electrons. The molecule has 9 nitrogen and oxygen atoms in total. The van der Waals surface area contributed by atoms with Crippen LogP contribution in [0.25, 0.3) is 0 Å². The predicted octanol–water partition coefficient (Wildman–Crippen LogP) is 0.468. The summed E-state index contributed by atoms with van der Waals surface area (Å²) in [5.41, 5.74) is 0.977. The van der Waals surface area contributed by atoms with E-state index in [1.54, 1.807) is 0 Å². The average molecular weight is 431 g/mol. The minimum atomic E-state index is -0.846. The number of hydrogen-bond acceptors (Lipinski definition) is 6. The molecule has 31 heavy (non-hydrogen) atoms. The van der Waals surface area contributed by atoms with Gasteiger partial charge in [-0.3, -0.25) is 24.2 Å². The summed E-state index contributed by atoms with van der Waals surface area (Å²) < 4.78 is 5.38. The summed E-state index contributed by atoms with van der Waals surface area (Å²) in [4.78, 5) is 39.5. The second kappa shape index (κ2) is 9.33. The van der Waals surface area contributed by atoms with Gasteiger partial charge in [0, 0.05) is 43.5 Å². The number of para-hydroxylation sites is 1. The quantitative estimate of drug-likeness (QED) is 0.596. The van der Waals surface area contributed by atoms with Crippen LogP contribution in [0.3, 0.4) is 0 Å². The molecule has 4 aliphatic heterocycles. The van der Waals surface area contributed by atoms with Gasteiger partial charge in [-0.2, -0.15) is 0 Å². The van der Waals surface area contributed by atoms with E-state index in [2.05, 4.69) is 20.4 Å². The molecule has 3 N–H and O–H groups in total. The first kappa shape index (κ1) is 21.7. The number of carboxylic acid groups (broad SMARTS) is 1. The van der Waals surface area contributed by atoms with Crippen LogP contribution in [0.5, 0.6) is 0 Å². The van der Waals surface area contributed by atoms with E-state index in [4.69, 9.17) is 14.6 Å². The van der Waals surface area contributed by atoms with Crippen molar-refractivity contribution in [1.82, 2.24) is 15.1 Å². The summed E-state index contributed by atoms with van der Waals surface area (Å²) in [7, 11) is 0. The van der Waals surface area contributed by atoms with Gasteiger partial charge in [0.1, 0.15) is 5.54 Å². The second-order valence-electron chi connectivity index (χ2n) is 8.39. The van der Waals surface area contributed by atoms with E-state index >= 15 is 0 Å².